The molecule has 4 nitrogen and oxygen atoms in total. The normalized spacial score (nSPS) is 13.2. The molecule has 0 aromatic heterocycles. The van der Waals surface area contributed by atoms with Gasteiger partial charge in [-0.25, -0.2) is 0 Å². The average Bonchev–Trinajstić information content (AvgIpc) is 3.74. The van der Waals surface area contributed by atoms with E-state index >= 15 is 0 Å². The summed E-state index contributed by atoms with van der Waals surface area (Å²) in [4.78, 5) is 4.56. The number of phenolic OH excluding ortho intramolecular Hbond substituents is 2. The molecule has 0 atom stereocenters. The zero-order valence-corrected chi connectivity index (χ0v) is 41.4. The Morgan fingerprint density at radius 1 is 0.418 bits per heavy atom. The molecule has 67 heavy (non-hydrogen) atoms. The molecule has 0 radical (unpaired) electrons. The van der Waals surface area contributed by atoms with Crippen molar-refractivity contribution in [2.75, 3.05) is 27.2 Å². The van der Waals surface area contributed by atoms with Gasteiger partial charge in [0.15, 0.2) is 0 Å². The van der Waals surface area contributed by atoms with Crippen LogP contribution in [-0.2, 0) is 45.6 Å². The fourth-order valence-electron chi connectivity index (χ4n) is 10.2. The Kier molecular flexibility index (Phi) is 15.0. The maximum absolute atomic E-state index is 12.3. The van der Waals surface area contributed by atoms with Crippen LogP contribution in [0.1, 0.15) is 80.6 Å². The molecular formula is C62H62N2O2Ti+2. The number of benzene rings is 8. The van der Waals surface area contributed by atoms with Crippen LogP contribution in [0, 0.1) is 27.7 Å². The molecule has 0 amide bonds. The van der Waals surface area contributed by atoms with Crippen LogP contribution >= 0.6 is 0 Å². The number of aryl methyl sites for hydroxylation is 2. The Labute approximate surface area is 414 Å². The molecule has 2 aliphatic rings. The van der Waals surface area contributed by atoms with E-state index in [1.807, 2.05) is 60.7 Å². The molecule has 8 aromatic rings. The minimum Gasteiger partial charge on any atom is -0.507 e. The predicted molar refractivity (Wildman–Crippen MR) is 275 cm³/mol. The summed E-state index contributed by atoms with van der Waals surface area (Å²) < 4.78 is 0. The number of aromatic hydroxyl groups is 2. The quantitative estimate of drug-likeness (QED) is 0.112. The molecule has 2 N–H and O–H groups in total. The van der Waals surface area contributed by atoms with Crippen LogP contribution in [0.5, 0.6) is 11.5 Å². The van der Waals surface area contributed by atoms with Crippen LogP contribution < -0.4 is 0 Å². The molecule has 334 valence electrons. The second-order valence-electron chi connectivity index (χ2n) is 18.6. The van der Waals surface area contributed by atoms with E-state index in [1.165, 1.54) is 44.5 Å². The van der Waals surface area contributed by atoms with Gasteiger partial charge in [0.2, 0.25) is 0 Å². The van der Waals surface area contributed by atoms with Crippen LogP contribution in [0.2, 0.25) is 0 Å². The van der Waals surface area contributed by atoms with Gasteiger partial charge in [-0.15, -0.1) is 24.3 Å². The van der Waals surface area contributed by atoms with Gasteiger partial charge in [0, 0.05) is 59.3 Å². The van der Waals surface area contributed by atoms with Crippen molar-refractivity contribution in [2.45, 2.75) is 51.6 Å². The van der Waals surface area contributed by atoms with Crippen LogP contribution in [0.25, 0.3) is 22.3 Å². The Morgan fingerprint density at radius 2 is 0.716 bits per heavy atom. The molecule has 0 heterocycles. The molecule has 0 unspecified atom stereocenters. The van der Waals surface area contributed by atoms with E-state index in [9.17, 15) is 10.2 Å². The number of hydrogen-bond donors (Lipinski definition) is 2. The summed E-state index contributed by atoms with van der Waals surface area (Å²) >= 11 is 0. The first-order valence-electron chi connectivity index (χ1n) is 23.0. The fourth-order valence-corrected chi connectivity index (χ4v) is 10.2. The minimum atomic E-state index is -0.500. The third-order valence-corrected chi connectivity index (χ3v) is 13.5. The van der Waals surface area contributed by atoms with Crippen molar-refractivity contribution in [3.05, 3.63) is 263 Å². The number of nitrogens with zero attached hydrogens (tertiary/aromatic N) is 2. The summed E-state index contributed by atoms with van der Waals surface area (Å²) in [5.41, 5.74) is 16.8. The van der Waals surface area contributed by atoms with Gasteiger partial charge in [-0.2, -0.15) is 49.2 Å². The number of fused-ring (bicyclic) bond motifs is 6. The number of likely N-dealkylation sites (N-methyl/N-ethyl adjacent to an activating group) is 1. The summed E-state index contributed by atoms with van der Waals surface area (Å²) in [6, 6.07) is 62.8. The van der Waals surface area contributed by atoms with E-state index < -0.39 is 10.8 Å². The van der Waals surface area contributed by atoms with Crippen molar-refractivity contribution in [3.63, 3.8) is 0 Å². The average molecular weight is 915 g/mol. The Balaban J connectivity index is 0.000000380. The van der Waals surface area contributed by atoms with Crippen molar-refractivity contribution < 1.29 is 31.9 Å². The smallest absolute Gasteiger partial charge is 0.507 e. The van der Waals surface area contributed by atoms with E-state index in [-0.39, 0.29) is 21.7 Å². The Hall–Kier alpha value is -6.27. The largest absolute Gasteiger partial charge is 4.00 e. The topological polar surface area (TPSA) is 46.9 Å². The monoisotopic (exact) mass is 914 g/mol. The van der Waals surface area contributed by atoms with Gasteiger partial charge in [0.1, 0.15) is 11.5 Å². The molecule has 0 bridgehead atoms. The fraction of sp³-hybridized carbons (Fsp3) is 0.194. The molecule has 0 fully saturated rings. The van der Waals surface area contributed by atoms with Crippen LogP contribution in [0.4, 0.5) is 0 Å². The van der Waals surface area contributed by atoms with Crippen LogP contribution in [0.3, 0.4) is 0 Å². The van der Waals surface area contributed by atoms with Gasteiger partial charge in [-0.3, -0.25) is 4.90 Å². The molecule has 10 rings (SSSR count). The Bertz CT molecular complexity index is 2670. The van der Waals surface area contributed by atoms with Crippen molar-refractivity contribution in [1.29, 1.82) is 0 Å². The zero-order chi connectivity index (χ0) is 46.6. The van der Waals surface area contributed by atoms with Crippen LogP contribution in [0.15, 0.2) is 182 Å². The molecule has 0 saturated carbocycles. The van der Waals surface area contributed by atoms with Crippen molar-refractivity contribution in [1.82, 2.24) is 9.80 Å². The maximum atomic E-state index is 12.3. The van der Waals surface area contributed by atoms with Gasteiger partial charge >= 0.3 is 21.7 Å². The summed E-state index contributed by atoms with van der Waals surface area (Å²) in [6.45, 7) is 18.9. The number of hydrogen-bond acceptors (Lipinski definition) is 4. The summed E-state index contributed by atoms with van der Waals surface area (Å²) in [5.74, 6) is 0.686. The van der Waals surface area contributed by atoms with Crippen LogP contribution in [-0.4, -0.2) is 47.2 Å². The van der Waals surface area contributed by atoms with Crippen molar-refractivity contribution in [3.8, 4) is 33.8 Å². The van der Waals surface area contributed by atoms with E-state index in [4.69, 9.17) is 0 Å². The minimum absolute atomic E-state index is 0. The first-order valence-corrected chi connectivity index (χ1v) is 23.0. The molecule has 0 saturated heterocycles. The number of rotatable bonds is 9. The molecule has 0 spiro atoms. The summed E-state index contributed by atoms with van der Waals surface area (Å²) in [6.07, 6.45) is 0. The van der Waals surface area contributed by atoms with Crippen molar-refractivity contribution >= 4 is 0 Å². The first-order chi connectivity index (χ1) is 31.8. The summed E-state index contributed by atoms with van der Waals surface area (Å²) in [5, 5.41) is 24.6. The summed E-state index contributed by atoms with van der Waals surface area (Å²) in [7, 11) is 4.18. The van der Waals surface area contributed by atoms with E-state index in [1.54, 1.807) is 0 Å². The SMILES string of the molecule is Cc1cc(CN(CCN(C)C)Cc2cc(C)cc(C3(C)c4ccccc4-c4ccccc43)c2O)c(O)c(C2(C)c3ccccc3-c3ccccc32)c1.[CH2-]c1ccccc1.[CH2-]c1ccccc1.[Ti+4]. The van der Waals surface area contributed by atoms with E-state index in [0.29, 0.717) is 24.6 Å². The third kappa shape index (κ3) is 9.77. The maximum Gasteiger partial charge on any atom is 4.00 e. The molecule has 5 heteroatoms. The second-order valence-corrected chi connectivity index (χ2v) is 18.6. The molecular weight excluding hydrogens is 853 g/mol. The van der Waals surface area contributed by atoms with Gasteiger partial charge in [0.25, 0.3) is 0 Å². The molecule has 0 aliphatic heterocycles. The second kappa shape index (κ2) is 20.7. The third-order valence-electron chi connectivity index (χ3n) is 13.5. The van der Waals surface area contributed by atoms with Gasteiger partial charge in [-0.1, -0.05) is 145 Å². The zero-order valence-electron chi connectivity index (χ0n) is 39.9. The van der Waals surface area contributed by atoms with Crippen molar-refractivity contribution in [2.24, 2.45) is 0 Å². The standard InChI is InChI=1S/C48H48N2O2.2C7H7.Ti/c1-31-25-33(45(51)43(27-31)47(3)39-19-11-7-15-35(39)36-16-8-12-20-40(36)47)29-50(24-23-49(5)6)30-34-26-32(2)28-44(46(34)52)48(4)41-21-13-9-17-37(41)38-18-10-14-22-42(38)48;2*1-7-5-3-2-4-6-7;/h7-22,25-28,51-52H,23-24,29-30H2,1-6H3;2*2-6H,1H2;/q;2*-1;+4. The van der Waals surface area contributed by atoms with E-state index in [2.05, 4.69) is 187 Å². The van der Waals surface area contributed by atoms with Gasteiger partial charge < -0.3 is 15.1 Å². The predicted octanol–water partition coefficient (Wildman–Crippen LogP) is 13.7. The number of phenols is 2. The van der Waals surface area contributed by atoms with E-state index in [0.717, 1.165) is 57.6 Å². The Morgan fingerprint density at radius 3 is 1.00 bits per heavy atom. The van der Waals surface area contributed by atoms with Gasteiger partial charge in [0.05, 0.1) is 0 Å². The molecule has 2 aliphatic carbocycles. The molecule has 8 aromatic carbocycles. The van der Waals surface area contributed by atoms with Gasteiger partial charge in [-0.05, 0) is 86.3 Å². The first kappa shape index (κ1) is 48.7.